The molecule has 0 aliphatic carbocycles. The highest BCUT2D eigenvalue weighted by Gasteiger charge is 2.20. The highest BCUT2D eigenvalue weighted by molar-refractivity contribution is 5.94. The maximum Gasteiger partial charge on any atom is 0.321 e. The van der Waals surface area contributed by atoms with E-state index in [-0.39, 0.29) is 18.2 Å². The summed E-state index contributed by atoms with van der Waals surface area (Å²) in [5.41, 5.74) is 3.10. The van der Waals surface area contributed by atoms with Crippen molar-refractivity contribution < 1.29 is 14.4 Å². The van der Waals surface area contributed by atoms with Crippen molar-refractivity contribution in [3.05, 3.63) is 29.3 Å². The summed E-state index contributed by atoms with van der Waals surface area (Å²) < 4.78 is 0. The number of nitrogens with zero attached hydrogens (tertiary/aromatic N) is 2. The minimum Gasteiger partial charge on any atom is -0.341 e. The molecule has 3 N–H and O–H groups in total. The van der Waals surface area contributed by atoms with E-state index in [0.717, 1.165) is 43.0 Å². The van der Waals surface area contributed by atoms with Crippen molar-refractivity contribution >= 4 is 23.5 Å². The molecule has 27 heavy (non-hydrogen) atoms. The van der Waals surface area contributed by atoms with Crippen molar-refractivity contribution in [3.63, 3.8) is 0 Å². The average molecular weight is 375 g/mol. The Morgan fingerprint density at radius 1 is 1.00 bits per heavy atom. The molecule has 0 bridgehead atoms. The summed E-state index contributed by atoms with van der Waals surface area (Å²) in [6.07, 6.45) is 0.278. The standard InChI is InChI=1S/C19H29N5O3/c1-14-5-4-6-16(15(14)2)21-18(26)13-24-11-9-23(10-12-24)8-7-17(25)22-19(27)20-3/h4-6H,7-13H2,1-3H3,(H,21,26)(H2,20,22,25,27). The SMILES string of the molecule is CNC(=O)NC(=O)CCN1CCN(CC(=O)Nc2cccc(C)c2C)CC1. The predicted molar refractivity (Wildman–Crippen MR) is 105 cm³/mol. The van der Waals surface area contributed by atoms with E-state index in [2.05, 4.69) is 25.8 Å². The summed E-state index contributed by atoms with van der Waals surface area (Å²) in [6.45, 7) is 8.13. The molecule has 1 aliphatic rings. The molecule has 0 unspecified atom stereocenters. The molecule has 0 aromatic heterocycles. The first-order valence-corrected chi connectivity index (χ1v) is 9.21. The van der Waals surface area contributed by atoms with Crippen LogP contribution in [0.3, 0.4) is 0 Å². The van der Waals surface area contributed by atoms with Crippen molar-refractivity contribution in [1.82, 2.24) is 20.4 Å². The first-order valence-electron chi connectivity index (χ1n) is 9.21. The molecule has 8 nitrogen and oxygen atoms in total. The predicted octanol–water partition coefficient (Wildman–Crippen LogP) is 0.705. The van der Waals surface area contributed by atoms with Gasteiger partial charge in [0.05, 0.1) is 6.54 Å². The number of anilines is 1. The monoisotopic (exact) mass is 375 g/mol. The van der Waals surface area contributed by atoms with Gasteiger partial charge in [0.25, 0.3) is 0 Å². The van der Waals surface area contributed by atoms with Crippen LogP contribution in [0.4, 0.5) is 10.5 Å². The molecule has 1 fully saturated rings. The Morgan fingerprint density at radius 3 is 2.33 bits per heavy atom. The fourth-order valence-corrected chi connectivity index (χ4v) is 2.96. The van der Waals surface area contributed by atoms with Crippen LogP contribution in [0.15, 0.2) is 18.2 Å². The Bertz CT molecular complexity index is 684. The van der Waals surface area contributed by atoms with Gasteiger partial charge in [-0.3, -0.25) is 19.8 Å². The third-order valence-electron chi connectivity index (χ3n) is 4.85. The fourth-order valence-electron chi connectivity index (χ4n) is 2.96. The van der Waals surface area contributed by atoms with Crippen LogP contribution >= 0.6 is 0 Å². The Kier molecular flexibility index (Phi) is 7.75. The number of aryl methyl sites for hydroxylation is 1. The molecule has 1 aromatic carbocycles. The number of hydrogen-bond donors (Lipinski definition) is 3. The second kappa shape index (κ2) is 10.0. The van der Waals surface area contributed by atoms with E-state index >= 15 is 0 Å². The minimum absolute atomic E-state index is 0.0119. The zero-order chi connectivity index (χ0) is 19.8. The number of carbonyl (C=O) groups is 3. The van der Waals surface area contributed by atoms with Gasteiger partial charge >= 0.3 is 6.03 Å². The van der Waals surface area contributed by atoms with Gasteiger partial charge in [0.2, 0.25) is 11.8 Å². The fraction of sp³-hybridized carbons (Fsp3) is 0.526. The van der Waals surface area contributed by atoms with Gasteiger partial charge < -0.3 is 15.5 Å². The molecule has 8 heteroatoms. The number of piperazine rings is 1. The van der Waals surface area contributed by atoms with Crippen LogP contribution in [-0.2, 0) is 9.59 Å². The topological polar surface area (TPSA) is 93.8 Å². The van der Waals surface area contributed by atoms with Crippen LogP contribution in [0.2, 0.25) is 0 Å². The van der Waals surface area contributed by atoms with Crippen molar-refractivity contribution in [2.24, 2.45) is 0 Å². The van der Waals surface area contributed by atoms with Crippen molar-refractivity contribution in [2.45, 2.75) is 20.3 Å². The summed E-state index contributed by atoms with van der Waals surface area (Å²) >= 11 is 0. The number of rotatable bonds is 6. The van der Waals surface area contributed by atoms with Crippen LogP contribution < -0.4 is 16.0 Å². The van der Waals surface area contributed by atoms with Gasteiger partial charge in [-0.15, -0.1) is 0 Å². The van der Waals surface area contributed by atoms with E-state index in [9.17, 15) is 14.4 Å². The highest BCUT2D eigenvalue weighted by atomic mass is 16.2. The van der Waals surface area contributed by atoms with Gasteiger partial charge in [0.15, 0.2) is 0 Å². The number of imide groups is 1. The Balaban J connectivity index is 1.69. The van der Waals surface area contributed by atoms with E-state index in [1.54, 1.807) is 0 Å². The smallest absolute Gasteiger partial charge is 0.321 e. The zero-order valence-electron chi connectivity index (χ0n) is 16.3. The second-order valence-corrected chi connectivity index (χ2v) is 6.79. The molecule has 148 valence electrons. The number of urea groups is 1. The first kappa shape index (κ1) is 20.9. The molecule has 1 heterocycles. The molecule has 0 radical (unpaired) electrons. The van der Waals surface area contributed by atoms with Gasteiger partial charge in [-0.1, -0.05) is 12.1 Å². The number of hydrogen-bond acceptors (Lipinski definition) is 5. The van der Waals surface area contributed by atoms with Crippen LogP contribution in [0.25, 0.3) is 0 Å². The van der Waals surface area contributed by atoms with E-state index < -0.39 is 6.03 Å². The molecular formula is C19H29N5O3. The number of nitrogens with one attached hydrogen (secondary N) is 3. The number of benzene rings is 1. The molecule has 4 amide bonds. The first-order chi connectivity index (χ1) is 12.9. The van der Waals surface area contributed by atoms with Crippen LogP contribution in [0.5, 0.6) is 0 Å². The summed E-state index contributed by atoms with van der Waals surface area (Å²) in [5, 5.41) is 7.60. The third kappa shape index (κ3) is 6.65. The Morgan fingerprint density at radius 2 is 1.67 bits per heavy atom. The molecule has 1 aromatic rings. The Labute approximate surface area is 160 Å². The van der Waals surface area contributed by atoms with E-state index in [1.165, 1.54) is 7.05 Å². The van der Waals surface area contributed by atoms with Crippen molar-refractivity contribution in [3.8, 4) is 0 Å². The minimum atomic E-state index is -0.486. The van der Waals surface area contributed by atoms with Gasteiger partial charge in [-0.25, -0.2) is 4.79 Å². The molecule has 1 saturated heterocycles. The molecule has 0 spiro atoms. The quantitative estimate of drug-likeness (QED) is 0.681. The second-order valence-electron chi connectivity index (χ2n) is 6.79. The summed E-state index contributed by atoms with van der Waals surface area (Å²) in [6, 6.07) is 5.40. The maximum atomic E-state index is 12.3. The largest absolute Gasteiger partial charge is 0.341 e. The lowest BCUT2D eigenvalue weighted by molar-refractivity contribution is -0.120. The van der Waals surface area contributed by atoms with Crippen molar-refractivity contribution in [1.29, 1.82) is 0 Å². The van der Waals surface area contributed by atoms with E-state index in [0.29, 0.717) is 13.1 Å². The van der Waals surface area contributed by atoms with Crippen molar-refractivity contribution in [2.75, 3.05) is 51.6 Å². The summed E-state index contributed by atoms with van der Waals surface area (Å²) in [4.78, 5) is 39.3. The zero-order valence-corrected chi connectivity index (χ0v) is 16.3. The molecule has 0 saturated carbocycles. The van der Waals surface area contributed by atoms with Gasteiger partial charge in [-0.2, -0.15) is 0 Å². The van der Waals surface area contributed by atoms with Crippen LogP contribution in [0, 0.1) is 13.8 Å². The average Bonchev–Trinajstić information content (AvgIpc) is 2.64. The van der Waals surface area contributed by atoms with Gasteiger partial charge in [-0.05, 0) is 31.0 Å². The van der Waals surface area contributed by atoms with Gasteiger partial charge in [0, 0.05) is 51.9 Å². The molecular weight excluding hydrogens is 346 g/mol. The Hall–Kier alpha value is -2.45. The molecule has 2 rings (SSSR count). The van der Waals surface area contributed by atoms with Crippen LogP contribution in [-0.4, -0.2) is 74.0 Å². The molecule has 0 atom stereocenters. The van der Waals surface area contributed by atoms with Gasteiger partial charge in [0.1, 0.15) is 0 Å². The van der Waals surface area contributed by atoms with E-state index in [4.69, 9.17) is 0 Å². The lowest BCUT2D eigenvalue weighted by Crippen LogP contribution is -2.49. The number of amides is 4. The van der Waals surface area contributed by atoms with Crippen LogP contribution in [0.1, 0.15) is 17.5 Å². The lowest BCUT2D eigenvalue weighted by atomic mass is 10.1. The lowest BCUT2D eigenvalue weighted by Gasteiger charge is -2.34. The van der Waals surface area contributed by atoms with E-state index in [1.807, 2.05) is 32.0 Å². The normalized spacial score (nSPS) is 15.2. The third-order valence-corrected chi connectivity index (χ3v) is 4.85. The maximum absolute atomic E-state index is 12.3. The summed E-state index contributed by atoms with van der Waals surface area (Å²) in [7, 11) is 1.47. The summed E-state index contributed by atoms with van der Waals surface area (Å²) in [5.74, 6) is -0.299. The highest BCUT2D eigenvalue weighted by Crippen LogP contribution is 2.17. The number of carbonyl (C=O) groups excluding carboxylic acids is 3. The molecule has 1 aliphatic heterocycles.